The Bertz CT molecular complexity index is 394. The highest BCUT2D eigenvalue weighted by atomic mass is 35.5. The van der Waals surface area contributed by atoms with Crippen LogP contribution in [0.4, 0.5) is 0 Å². The van der Waals surface area contributed by atoms with Crippen LogP contribution in [0.15, 0.2) is 28.0 Å². The molecule has 2 aliphatic heterocycles. The molecule has 4 N–H and O–H groups in total. The third-order valence-electron chi connectivity index (χ3n) is 3.70. The first-order valence-corrected chi connectivity index (χ1v) is 7.39. The van der Waals surface area contributed by atoms with E-state index in [2.05, 4.69) is 28.6 Å². The lowest BCUT2D eigenvalue weighted by Crippen LogP contribution is -2.33. The topological polar surface area (TPSA) is 62.4 Å². The van der Waals surface area contributed by atoms with Gasteiger partial charge in [-0.2, -0.15) is 0 Å². The molecule has 1 unspecified atom stereocenters. The Labute approximate surface area is 120 Å². The molecule has 19 heavy (non-hydrogen) atoms. The maximum Gasteiger partial charge on any atom is 0.126 e. The van der Waals surface area contributed by atoms with E-state index >= 15 is 0 Å². The van der Waals surface area contributed by atoms with Gasteiger partial charge in [0, 0.05) is 11.6 Å². The fraction of sp³-hybridized carbons (Fsp3) is 0.643. The monoisotopic (exact) mass is 282 g/mol. The van der Waals surface area contributed by atoms with Crippen LogP contribution in [-0.2, 0) is 0 Å². The zero-order chi connectivity index (χ0) is 13.7. The normalized spacial score (nSPS) is 34.0. The Morgan fingerprint density at radius 1 is 1.47 bits per heavy atom. The average molecular weight is 283 g/mol. The van der Waals surface area contributed by atoms with Crippen molar-refractivity contribution in [3.63, 3.8) is 0 Å². The number of piperidine rings is 1. The van der Waals surface area contributed by atoms with Crippen molar-refractivity contribution < 1.29 is 0 Å². The molecule has 0 aromatic carbocycles. The van der Waals surface area contributed by atoms with Gasteiger partial charge in [0.15, 0.2) is 0 Å². The Kier molecular flexibility index (Phi) is 5.28. The van der Waals surface area contributed by atoms with Crippen LogP contribution in [0.25, 0.3) is 0 Å². The number of amidine groups is 1. The fourth-order valence-electron chi connectivity index (χ4n) is 2.35. The lowest BCUT2D eigenvalue weighted by Gasteiger charge is -2.23. The maximum atomic E-state index is 6.13. The van der Waals surface area contributed by atoms with Crippen LogP contribution in [0.2, 0.25) is 0 Å². The number of nitrogens with one attached hydrogen (secondary N) is 2. The molecule has 4 nitrogen and oxygen atoms in total. The summed E-state index contributed by atoms with van der Waals surface area (Å²) in [6.07, 6.45) is 7.18. The molecule has 0 saturated carbocycles. The van der Waals surface area contributed by atoms with Crippen molar-refractivity contribution in [2.45, 2.75) is 26.2 Å². The fourth-order valence-corrected chi connectivity index (χ4v) is 2.55. The second-order valence-electron chi connectivity index (χ2n) is 5.37. The van der Waals surface area contributed by atoms with Crippen molar-refractivity contribution in [3.05, 3.63) is 23.0 Å². The number of hydrogen-bond donors (Lipinski definition) is 3. The van der Waals surface area contributed by atoms with Gasteiger partial charge >= 0.3 is 0 Å². The standard InChI is InChI=1S/C14H23ClN4/c1-10-2-3-14(19-13(16)8-12(10)15)18-9-11-4-6-17-7-5-11/h3,8,10-11,17-18H,2,4-7,9H2,1H3,(H2,16,19)/b12-8+,14-3+. The van der Waals surface area contributed by atoms with Gasteiger partial charge in [0.05, 0.1) is 0 Å². The second kappa shape index (κ2) is 6.96. The summed E-state index contributed by atoms with van der Waals surface area (Å²) in [4.78, 5) is 4.37. The molecule has 0 aromatic rings. The summed E-state index contributed by atoms with van der Waals surface area (Å²) in [5.74, 6) is 2.37. The molecule has 0 radical (unpaired) electrons. The molecule has 0 bridgehead atoms. The highest BCUT2D eigenvalue weighted by Gasteiger charge is 2.14. The van der Waals surface area contributed by atoms with Crippen molar-refractivity contribution in [2.24, 2.45) is 22.6 Å². The molecule has 2 heterocycles. The average Bonchev–Trinajstić information content (AvgIpc) is 2.41. The molecular formula is C14H23ClN4. The van der Waals surface area contributed by atoms with Gasteiger partial charge in [0.1, 0.15) is 11.7 Å². The van der Waals surface area contributed by atoms with Crippen LogP contribution in [0.3, 0.4) is 0 Å². The van der Waals surface area contributed by atoms with Gasteiger partial charge in [-0.15, -0.1) is 0 Å². The van der Waals surface area contributed by atoms with E-state index < -0.39 is 0 Å². The summed E-state index contributed by atoms with van der Waals surface area (Å²) in [5, 5.41) is 7.57. The Morgan fingerprint density at radius 2 is 2.21 bits per heavy atom. The van der Waals surface area contributed by atoms with Crippen LogP contribution >= 0.6 is 11.6 Å². The van der Waals surface area contributed by atoms with E-state index in [1.807, 2.05) is 0 Å². The molecule has 106 valence electrons. The number of rotatable bonds is 3. The highest BCUT2D eigenvalue weighted by molar-refractivity contribution is 6.31. The van der Waals surface area contributed by atoms with E-state index in [4.69, 9.17) is 17.3 Å². The number of nitrogens with zero attached hydrogens (tertiary/aromatic N) is 1. The predicted octanol–water partition coefficient (Wildman–Crippen LogP) is 1.94. The molecule has 2 rings (SSSR count). The lowest BCUT2D eigenvalue weighted by molar-refractivity contribution is 0.365. The van der Waals surface area contributed by atoms with Gasteiger partial charge in [-0.05, 0) is 56.3 Å². The first kappa shape index (κ1) is 14.4. The van der Waals surface area contributed by atoms with E-state index in [-0.39, 0.29) is 0 Å². The van der Waals surface area contributed by atoms with Crippen molar-refractivity contribution in [3.8, 4) is 0 Å². The number of hydrogen-bond acceptors (Lipinski definition) is 4. The van der Waals surface area contributed by atoms with Gasteiger partial charge < -0.3 is 16.4 Å². The van der Waals surface area contributed by atoms with Crippen LogP contribution in [-0.4, -0.2) is 25.5 Å². The first-order chi connectivity index (χ1) is 9.15. The molecule has 0 amide bonds. The van der Waals surface area contributed by atoms with Gasteiger partial charge in [-0.3, -0.25) is 0 Å². The molecule has 0 spiro atoms. The molecule has 2 aliphatic rings. The van der Waals surface area contributed by atoms with Crippen molar-refractivity contribution in [1.82, 2.24) is 10.6 Å². The Balaban J connectivity index is 1.93. The van der Waals surface area contributed by atoms with E-state index in [1.54, 1.807) is 6.08 Å². The van der Waals surface area contributed by atoms with Gasteiger partial charge in [-0.1, -0.05) is 18.5 Å². The molecule has 1 saturated heterocycles. The molecule has 0 aromatic heterocycles. The number of halogens is 1. The predicted molar refractivity (Wildman–Crippen MR) is 81.0 cm³/mol. The maximum absolute atomic E-state index is 6.13. The zero-order valence-corrected chi connectivity index (χ0v) is 12.2. The van der Waals surface area contributed by atoms with E-state index in [1.165, 1.54) is 12.8 Å². The molecule has 0 aliphatic carbocycles. The van der Waals surface area contributed by atoms with Gasteiger partial charge in [-0.25, -0.2) is 4.99 Å². The van der Waals surface area contributed by atoms with Crippen LogP contribution in [0, 0.1) is 11.8 Å². The minimum Gasteiger partial charge on any atom is -0.384 e. The van der Waals surface area contributed by atoms with Gasteiger partial charge in [0.2, 0.25) is 0 Å². The van der Waals surface area contributed by atoms with Crippen LogP contribution in [0.5, 0.6) is 0 Å². The minimum atomic E-state index is 0.298. The summed E-state index contributed by atoms with van der Waals surface area (Å²) in [6, 6.07) is 0. The molecule has 5 heteroatoms. The minimum absolute atomic E-state index is 0.298. The Morgan fingerprint density at radius 3 is 2.95 bits per heavy atom. The van der Waals surface area contributed by atoms with E-state index in [0.29, 0.717) is 11.8 Å². The summed E-state index contributed by atoms with van der Waals surface area (Å²) >= 11 is 6.13. The zero-order valence-electron chi connectivity index (χ0n) is 11.5. The molecule has 1 fully saturated rings. The highest BCUT2D eigenvalue weighted by Crippen LogP contribution is 2.21. The molecule has 1 atom stereocenters. The summed E-state index contributed by atoms with van der Waals surface area (Å²) < 4.78 is 0. The van der Waals surface area contributed by atoms with Crippen molar-refractivity contribution in [2.75, 3.05) is 19.6 Å². The largest absolute Gasteiger partial charge is 0.384 e. The second-order valence-corrected chi connectivity index (χ2v) is 5.80. The summed E-state index contributed by atoms with van der Waals surface area (Å²) in [6.45, 7) is 5.30. The lowest BCUT2D eigenvalue weighted by atomic mass is 9.98. The quantitative estimate of drug-likeness (QED) is 0.741. The third kappa shape index (κ3) is 4.55. The SMILES string of the molecule is CC1C/C=C(NCC2CCNCC2)/N=C(N)\C=C/1Cl. The third-order valence-corrected chi connectivity index (χ3v) is 4.18. The Hall–Kier alpha value is -1.00. The summed E-state index contributed by atoms with van der Waals surface area (Å²) in [7, 11) is 0. The van der Waals surface area contributed by atoms with E-state index in [9.17, 15) is 0 Å². The van der Waals surface area contributed by atoms with E-state index in [0.717, 1.165) is 42.8 Å². The van der Waals surface area contributed by atoms with Crippen LogP contribution in [0.1, 0.15) is 26.2 Å². The number of nitrogens with two attached hydrogens (primary N) is 1. The number of allylic oxidation sites excluding steroid dienone is 2. The summed E-state index contributed by atoms with van der Waals surface area (Å²) in [5.41, 5.74) is 5.85. The van der Waals surface area contributed by atoms with Gasteiger partial charge in [0.25, 0.3) is 0 Å². The first-order valence-electron chi connectivity index (χ1n) is 7.01. The number of aliphatic imine (C=N–C) groups is 1. The smallest absolute Gasteiger partial charge is 0.126 e. The van der Waals surface area contributed by atoms with Crippen molar-refractivity contribution in [1.29, 1.82) is 0 Å². The molecular weight excluding hydrogens is 260 g/mol. The van der Waals surface area contributed by atoms with Crippen molar-refractivity contribution >= 4 is 17.4 Å². The van der Waals surface area contributed by atoms with Crippen LogP contribution < -0.4 is 16.4 Å².